The van der Waals surface area contributed by atoms with Gasteiger partial charge in [0.2, 0.25) is 0 Å². The number of thiophene rings is 1. The van der Waals surface area contributed by atoms with Gasteiger partial charge in [0.25, 0.3) is 5.91 Å². The summed E-state index contributed by atoms with van der Waals surface area (Å²) in [5, 5.41) is 5.72. The van der Waals surface area contributed by atoms with E-state index in [-0.39, 0.29) is 11.9 Å². The van der Waals surface area contributed by atoms with Gasteiger partial charge in [0, 0.05) is 44.8 Å². The van der Waals surface area contributed by atoms with Gasteiger partial charge in [-0.15, -0.1) is 11.3 Å². The summed E-state index contributed by atoms with van der Waals surface area (Å²) in [7, 11) is 0. The van der Waals surface area contributed by atoms with E-state index in [1.165, 1.54) is 53.5 Å². The van der Waals surface area contributed by atoms with Crippen LogP contribution in [0.15, 0.2) is 96.4 Å². The van der Waals surface area contributed by atoms with Crippen molar-refractivity contribution in [1.29, 1.82) is 0 Å². The van der Waals surface area contributed by atoms with Gasteiger partial charge in [0.15, 0.2) is 0 Å². The molecule has 212 valence electrons. The van der Waals surface area contributed by atoms with Gasteiger partial charge >= 0.3 is 0 Å². The average Bonchev–Trinajstić information content (AvgIpc) is 3.75. The van der Waals surface area contributed by atoms with Crippen molar-refractivity contribution >= 4 is 17.2 Å². The molecule has 3 aromatic carbocycles. The number of nitrogens with one attached hydrogen (secondary N) is 1. The second-order valence-electron chi connectivity index (χ2n) is 11.7. The van der Waals surface area contributed by atoms with Crippen molar-refractivity contribution in [2.24, 2.45) is 0 Å². The van der Waals surface area contributed by atoms with Gasteiger partial charge in [0.05, 0.1) is 4.88 Å². The highest BCUT2D eigenvalue weighted by atomic mass is 32.1. The highest BCUT2D eigenvalue weighted by Crippen LogP contribution is 2.27. The van der Waals surface area contributed by atoms with E-state index in [0.717, 1.165) is 43.9 Å². The molecule has 1 aliphatic heterocycles. The van der Waals surface area contributed by atoms with Crippen LogP contribution in [0, 0.1) is 0 Å². The molecule has 6 rings (SSSR count). The monoisotopic (exact) mass is 563 g/mol. The average molecular weight is 564 g/mol. The third-order valence-corrected chi connectivity index (χ3v) is 9.61. The number of amides is 1. The van der Waals surface area contributed by atoms with E-state index < -0.39 is 0 Å². The second kappa shape index (κ2) is 13.6. The molecule has 4 aromatic rings. The minimum absolute atomic E-state index is 0.158. The standard InChI is InChI=1S/C36H41N3OS/c40-36(35-14-7-23-41-35)39(34-19-21-38(22-20-34)26-29-8-2-1-3-9-29)27-30-10-6-11-32(24-30)31-17-15-28(16-18-31)25-37-33-12-4-5-13-33/h1-3,6-11,14-18,23-24,33-34,37H,4-5,12-13,19-22,25-27H2. The lowest BCUT2D eigenvalue weighted by Gasteiger charge is -2.38. The molecular formula is C36H41N3OS. The van der Waals surface area contributed by atoms with E-state index >= 15 is 0 Å². The molecule has 4 nitrogen and oxygen atoms in total. The van der Waals surface area contributed by atoms with Crippen molar-refractivity contribution in [2.45, 2.75) is 70.2 Å². The Hall–Kier alpha value is -3.25. The summed E-state index contributed by atoms with van der Waals surface area (Å²) in [6.45, 7) is 4.57. The highest BCUT2D eigenvalue weighted by Gasteiger charge is 2.29. The number of carbonyl (C=O) groups is 1. The number of carbonyl (C=O) groups excluding carboxylic acids is 1. The molecular weight excluding hydrogens is 522 g/mol. The Morgan fingerprint density at radius 3 is 2.27 bits per heavy atom. The maximum atomic E-state index is 13.7. The van der Waals surface area contributed by atoms with Crippen LogP contribution < -0.4 is 5.32 Å². The Bertz CT molecular complexity index is 1370. The number of nitrogens with zero attached hydrogens (tertiary/aromatic N) is 2. The second-order valence-corrected chi connectivity index (χ2v) is 12.6. The van der Waals surface area contributed by atoms with Crippen molar-refractivity contribution in [3.63, 3.8) is 0 Å². The number of likely N-dealkylation sites (tertiary alicyclic amines) is 1. The number of benzene rings is 3. The summed E-state index contributed by atoms with van der Waals surface area (Å²) in [5.41, 5.74) is 6.31. The first-order valence-electron chi connectivity index (χ1n) is 15.2. The van der Waals surface area contributed by atoms with Gasteiger partial charge in [-0.05, 0) is 71.0 Å². The molecule has 0 atom stereocenters. The van der Waals surface area contributed by atoms with Gasteiger partial charge in [-0.1, -0.05) is 91.7 Å². The SMILES string of the molecule is O=C(c1cccs1)N(Cc1cccc(-c2ccc(CNC3CCCC3)cc2)c1)C1CCN(Cc2ccccc2)CC1. The molecule has 2 heterocycles. The summed E-state index contributed by atoms with van der Waals surface area (Å²) in [4.78, 5) is 19.2. The van der Waals surface area contributed by atoms with Gasteiger partial charge in [-0.3, -0.25) is 9.69 Å². The first-order chi connectivity index (χ1) is 20.2. The minimum Gasteiger partial charge on any atom is -0.331 e. The Kier molecular flexibility index (Phi) is 9.26. The van der Waals surface area contributed by atoms with Crippen LogP contribution in [-0.4, -0.2) is 40.9 Å². The van der Waals surface area contributed by atoms with Gasteiger partial charge in [-0.2, -0.15) is 0 Å². The number of rotatable bonds is 10. The van der Waals surface area contributed by atoms with Crippen LogP contribution in [0.1, 0.15) is 64.9 Å². The van der Waals surface area contributed by atoms with Crippen LogP contribution in [0.25, 0.3) is 11.1 Å². The molecule has 2 aliphatic rings. The molecule has 1 aromatic heterocycles. The molecule has 1 aliphatic carbocycles. The predicted molar refractivity (Wildman–Crippen MR) is 170 cm³/mol. The van der Waals surface area contributed by atoms with Crippen LogP contribution in [-0.2, 0) is 19.6 Å². The van der Waals surface area contributed by atoms with Crippen molar-refractivity contribution in [1.82, 2.24) is 15.1 Å². The van der Waals surface area contributed by atoms with Crippen molar-refractivity contribution in [3.8, 4) is 11.1 Å². The first kappa shape index (κ1) is 27.9. The first-order valence-corrected chi connectivity index (χ1v) is 16.1. The van der Waals surface area contributed by atoms with Gasteiger partial charge in [-0.25, -0.2) is 0 Å². The van der Waals surface area contributed by atoms with Gasteiger partial charge in [0.1, 0.15) is 0 Å². The Labute approximate surface area is 249 Å². The molecule has 1 saturated carbocycles. The van der Waals surface area contributed by atoms with E-state index in [1.54, 1.807) is 11.3 Å². The van der Waals surface area contributed by atoms with E-state index in [0.29, 0.717) is 12.6 Å². The zero-order valence-electron chi connectivity index (χ0n) is 23.9. The maximum Gasteiger partial charge on any atom is 0.264 e. The van der Waals surface area contributed by atoms with Crippen molar-refractivity contribution < 1.29 is 4.79 Å². The highest BCUT2D eigenvalue weighted by molar-refractivity contribution is 7.12. The Morgan fingerprint density at radius 2 is 1.54 bits per heavy atom. The van der Waals surface area contributed by atoms with Crippen molar-refractivity contribution in [2.75, 3.05) is 13.1 Å². The molecule has 0 radical (unpaired) electrons. The maximum absolute atomic E-state index is 13.7. The summed E-state index contributed by atoms with van der Waals surface area (Å²) in [6, 6.07) is 33.3. The van der Waals surface area contributed by atoms with Gasteiger partial charge < -0.3 is 10.2 Å². The zero-order chi connectivity index (χ0) is 27.9. The number of hydrogen-bond donors (Lipinski definition) is 1. The van der Waals surface area contributed by atoms with E-state index in [1.807, 2.05) is 17.5 Å². The lowest BCUT2D eigenvalue weighted by molar-refractivity contribution is 0.0547. The normalized spacial score (nSPS) is 16.7. The van der Waals surface area contributed by atoms with E-state index in [2.05, 4.69) is 94.0 Å². The van der Waals surface area contributed by atoms with E-state index in [4.69, 9.17) is 0 Å². The molecule has 0 spiro atoms. The topological polar surface area (TPSA) is 35.6 Å². The summed E-state index contributed by atoms with van der Waals surface area (Å²) in [6.07, 6.45) is 7.33. The summed E-state index contributed by atoms with van der Waals surface area (Å²) in [5.74, 6) is 0.158. The lowest BCUT2D eigenvalue weighted by atomic mass is 9.99. The number of piperidine rings is 1. The van der Waals surface area contributed by atoms with Crippen LogP contribution >= 0.6 is 11.3 Å². The van der Waals surface area contributed by atoms with E-state index in [9.17, 15) is 4.79 Å². The molecule has 1 N–H and O–H groups in total. The third-order valence-electron chi connectivity index (χ3n) is 8.76. The van der Waals surface area contributed by atoms with Crippen LogP contribution in [0.3, 0.4) is 0 Å². The molecule has 5 heteroatoms. The quantitative estimate of drug-likeness (QED) is 0.214. The summed E-state index contributed by atoms with van der Waals surface area (Å²) >= 11 is 1.54. The largest absolute Gasteiger partial charge is 0.331 e. The molecule has 41 heavy (non-hydrogen) atoms. The fourth-order valence-electron chi connectivity index (χ4n) is 6.39. The summed E-state index contributed by atoms with van der Waals surface area (Å²) < 4.78 is 0. The lowest BCUT2D eigenvalue weighted by Crippen LogP contribution is -2.46. The molecule has 0 bridgehead atoms. The third kappa shape index (κ3) is 7.34. The zero-order valence-corrected chi connectivity index (χ0v) is 24.7. The fraction of sp³-hybridized carbons (Fsp3) is 0.361. The fourth-order valence-corrected chi connectivity index (χ4v) is 7.07. The van der Waals surface area contributed by atoms with Crippen molar-refractivity contribution in [3.05, 3.63) is 118 Å². The van der Waals surface area contributed by atoms with Crippen LogP contribution in [0.2, 0.25) is 0 Å². The molecule has 2 fully saturated rings. The minimum atomic E-state index is 0.158. The number of hydrogen-bond acceptors (Lipinski definition) is 4. The molecule has 0 unspecified atom stereocenters. The van der Waals surface area contributed by atoms with Crippen LogP contribution in [0.4, 0.5) is 0 Å². The molecule has 1 saturated heterocycles. The predicted octanol–water partition coefficient (Wildman–Crippen LogP) is 7.75. The smallest absolute Gasteiger partial charge is 0.264 e. The van der Waals surface area contributed by atoms with Crippen LogP contribution in [0.5, 0.6) is 0 Å². The Morgan fingerprint density at radius 1 is 0.780 bits per heavy atom. The molecule has 1 amide bonds. The Balaban J connectivity index is 1.13.